The average Bonchev–Trinajstić information content (AvgIpc) is 2.62. The van der Waals surface area contributed by atoms with Gasteiger partial charge in [-0.3, -0.25) is 14.2 Å². The van der Waals surface area contributed by atoms with Gasteiger partial charge in [-0.05, 0) is 37.1 Å². The summed E-state index contributed by atoms with van der Waals surface area (Å²) in [7, 11) is 0. The van der Waals surface area contributed by atoms with Crippen molar-refractivity contribution in [2.24, 2.45) is 0 Å². The average molecular weight is 337 g/mol. The van der Waals surface area contributed by atoms with Crippen LogP contribution in [0.25, 0.3) is 10.9 Å². The molecule has 1 aromatic heterocycles. The van der Waals surface area contributed by atoms with Crippen molar-refractivity contribution in [1.29, 1.82) is 0 Å². The van der Waals surface area contributed by atoms with Crippen molar-refractivity contribution in [3.63, 3.8) is 0 Å². The van der Waals surface area contributed by atoms with E-state index in [1.54, 1.807) is 19.1 Å². The lowest BCUT2D eigenvalue weighted by Crippen LogP contribution is -2.34. The summed E-state index contributed by atoms with van der Waals surface area (Å²) in [4.78, 5) is 39.1. The SMILES string of the molecule is CCn1c(=O)[nH]c2cc(C(=O)NCCc3ccccc3)ccc2c1=O. The quantitative estimate of drug-likeness (QED) is 0.743. The van der Waals surface area contributed by atoms with Crippen molar-refractivity contribution >= 4 is 16.8 Å². The van der Waals surface area contributed by atoms with Gasteiger partial charge in [0.25, 0.3) is 11.5 Å². The summed E-state index contributed by atoms with van der Waals surface area (Å²) in [5.74, 6) is -0.238. The molecule has 0 aliphatic heterocycles. The zero-order chi connectivity index (χ0) is 17.8. The van der Waals surface area contributed by atoms with Crippen LogP contribution in [0.2, 0.25) is 0 Å². The second kappa shape index (κ2) is 7.17. The molecule has 0 radical (unpaired) electrons. The molecule has 0 aliphatic carbocycles. The summed E-state index contributed by atoms with van der Waals surface area (Å²) in [6, 6.07) is 14.6. The summed E-state index contributed by atoms with van der Waals surface area (Å²) >= 11 is 0. The van der Waals surface area contributed by atoms with Gasteiger partial charge >= 0.3 is 5.69 Å². The van der Waals surface area contributed by atoms with Crippen LogP contribution in [-0.4, -0.2) is 22.0 Å². The minimum Gasteiger partial charge on any atom is -0.352 e. The van der Waals surface area contributed by atoms with Crippen molar-refractivity contribution in [3.8, 4) is 0 Å². The predicted octanol–water partition coefficient (Wildman–Crippen LogP) is 1.68. The van der Waals surface area contributed by atoms with E-state index in [0.717, 1.165) is 16.6 Å². The first kappa shape index (κ1) is 16.7. The van der Waals surface area contributed by atoms with Gasteiger partial charge in [-0.15, -0.1) is 0 Å². The first-order valence-electron chi connectivity index (χ1n) is 8.19. The largest absolute Gasteiger partial charge is 0.352 e. The van der Waals surface area contributed by atoms with E-state index in [2.05, 4.69) is 10.3 Å². The van der Waals surface area contributed by atoms with Crippen molar-refractivity contribution < 1.29 is 4.79 Å². The number of hydrogen-bond donors (Lipinski definition) is 2. The van der Waals surface area contributed by atoms with Crippen LogP contribution in [0.5, 0.6) is 0 Å². The topological polar surface area (TPSA) is 84.0 Å². The monoisotopic (exact) mass is 337 g/mol. The van der Waals surface area contributed by atoms with Crippen LogP contribution in [0.1, 0.15) is 22.8 Å². The van der Waals surface area contributed by atoms with Crippen LogP contribution in [0.15, 0.2) is 58.1 Å². The third kappa shape index (κ3) is 3.52. The van der Waals surface area contributed by atoms with Crippen molar-refractivity contribution in [2.45, 2.75) is 19.9 Å². The fourth-order valence-electron chi connectivity index (χ4n) is 2.75. The summed E-state index contributed by atoms with van der Waals surface area (Å²) in [6.45, 7) is 2.54. The van der Waals surface area contributed by atoms with Crippen LogP contribution in [0.3, 0.4) is 0 Å². The van der Waals surface area contributed by atoms with Gasteiger partial charge in [-0.25, -0.2) is 4.79 Å². The molecular weight excluding hydrogens is 318 g/mol. The van der Waals surface area contributed by atoms with E-state index in [1.165, 1.54) is 6.07 Å². The molecule has 0 spiro atoms. The summed E-state index contributed by atoms with van der Waals surface area (Å²) < 4.78 is 1.13. The minimum absolute atomic E-state index is 0.238. The fourth-order valence-corrected chi connectivity index (χ4v) is 2.75. The molecular formula is C19H19N3O3. The van der Waals surface area contributed by atoms with Gasteiger partial charge in [0.05, 0.1) is 10.9 Å². The third-order valence-electron chi connectivity index (χ3n) is 4.10. The number of carbonyl (C=O) groups excluding carboxylic acids is 1. The molecule has 0 saturated carbocycles. The summed E-state index contributed by atoms with van der Waals surface area (Å²) in [6.07, 6.45) is 0.734. The number of nitrogens with one attached hydrogen (secondary N) is 2. The van der Waals surface area contributed by atoms with Gasteiger partial charge in [0, 0.05) is 18.7 Å². The van der Waals surface area contributed by atoms with Crippen molar-refractivity contribution in [1.82, 2.24) is 14.9 Å². The molecule has 1 heterocycles. The van der Waals surface area contributed by atoms with E-state index in [-0.39, 0.29) is 11.5 Å². The predicted molar refractivity (Wildman–Crippen MR) is 97.0 cm³/mol. The molecule has 0 bridgehead atoms. The maximum absolute atomic E-state index is 12.3. The number of fused-ring (bicyclic) bond motifs is 1. The van der Waals surface area contributed by atoms with Crippen molar-refractivity contribution in [2.75, 3.05) is 6.54 Å². The lowest BCUT2D eigenvalue weighted by atomic mass is 10.1. The van der Waals surface area contributed by atoms with Crippen LogP contribution in [0, 0.1) is 0 Å². The highest BCUT2D eigenvalue weighted by atomic mass is 16.2. The molecule has 0 saturated heterocycles. The molecule has 1 amide bonds. The minimum atomic E-state index is -0.471. The third-order valence-corrected chi connectivity index (χ3v) is 4.10. The van der Waals surface area contributed by atoms with Crippen LogP contribution >= 0.6 is 0 Å². The standard InChI is InChI=1S/C19H19N3O3/c1-2-22-18(24)15-9-8-14(12-16(15)21-19(22)25)17(23)20-11-10-13-6-4-3-5-7-13/h3-9,12H,2,10-11H2,1H3,(H,20,23)(H,21,25). The number of amides is 1. The van der Waals surface area contributed by atoms with E-state index in [4.69, 9.17) is 0 Å². The Morgan fingerprint density at radius 3 is 2.60 bits per heavy atom. The second-order valence-electron chi connectivity index (χ2n) is 5.73. The smallest absolute Gasteiger partial charge is 0.328 e. The lowest BCUT2D eigenvalue weighted by Gasteiger charge is -2.07. The lowest BCUT2D eigenvalue weighted by molar-refractivity contribution is 0.0954. The summed E-state index contributed by atoms with van der Waals surface area (Å²) in [5, 5.41) is 3.24. The van der Waals surface area contributed by atoms with Crippen LogP contribution in [-0.2, 0) is 13.0 Å². The number of rotatable bonds is 5. The molecule has 128 valence electrons. The number of carbonyl (C=O) groups is 1. The number of benzene rings is 2. The molecule has 0 unspecified atom stereocenters. The van der Waals surface area contributed by atoms with Gasteiger partial charge in [0.15, 0.2) is 0 Å². The second-order valence-corrected chi connectivity index (χ2v) is 5.73. The zero-order valence-electron chi connectivity index (χ0n) is 13.9. The highest BCUT2D eigenvalue weighted by Gasteiger charge is 2.10. The number of hydrogen-bond acceptors (Lipinski definition) is 3. The Balaban J connectivity index is 1.78. The highest BCUT2D eigenvalue weighted by molar-refractivity contribution is 5.97. The van der Waals surface area contributed by atoms with E-state index in [9.17, 15) is 14.4 Å². The number of aromatic amines is 1. The molecule has 3 aromatic rings. The maximum Gasteiger partial charge on any atom is 0.328 e. The Kier molecular flexibility index (Phi) is 4.79. The van der Waals surface area contributed by atoms with E-state index >= 15 is 0 Å². The molecule has 25 heavy (non-hydrogen) atoms. The highest BCUT2D eigenvalue weighted by Crippen LogP contribution is 2.09. The Morgan fingerprint density at radius 2 is 1.88 bits per heavy atom. The molecule has 6 nitrogen and oxygen atoms in total. The van der Waals surface area contributed by atoms with Gasteiger partial charge in [-0.2, -0.15) is 0 Å². The van der Waals surface area contributed by atoms with Gasteiger partial charge in [0.1, 0.15) is 0 Å². The van der Waals surface area contributed by atoms with E-state index in [1.807, 2.05) is 30.3 Å². The number of nitrogens with zero attached hydrogens (tertiary/aromatic N) is 1. The zero-order valence-corrected chi connectivity index (χ0v) is 13.9. The molecule has 2 N–H and O–H groups in total. The van der Waals surface area contributed by atoms with Gasteiger partial charge in [-0.1, -0.05) is 30.3 Å². The molecule has 0 atom stereocenters. The molecule has 3 rings (SSSR count). The van der Waals surface area contributed by atoms with E-state index in [0.29, 0.717) is 29.6 Å². The summed E-state index contributed by atoms with van der Waals surface area (Å²) in [5.41, 5.74) is 1.10. The Labute approximate surface area is 144 Å². The number of aromatic nitrogens is 2. The Bertz CT molecular complexity index is 1020. The molecule has 0 aliphatic rings. The normalized spacial score (nSPS) is 10.8. The first-order valence-corrected chi connectivity index (χ1v) is 8.19. The molecule has 6 heteroatoms. The van der Waals surface area contributed by atoms with Crippen molar-refractivity contribution in [3.05, 3.63) is 80.5 Å². The molecule has 2 aromatic carbocycles. The number of H-pyrrole nitrogens is 1. The molecule has 0 fully saturated rings. The van der Waals surface area contributed by atoms with Gasteiger partial charge < -0.3 is 10.3 Å². The van der Waals surface area contributed by atoms with Crippen LogP contribution in [0.4, 0.5) is 0 Å². The first-order chi connectivity index (χ1) is 12.1. The Morgan fingerprint density at radius 1 is 1.12 bits per heavy atom. The van der Waals surface area contributed by atoms with Crippen LogP contribution < -0.4 is 16.6 Å². The van der Waals surface area contributed by atoms with Gasteiger partial charge in [0.2, 0.25) is 0 Å². The fraction of sp³-hybridized carbons (Fsp3) is 0.211. The Hall–Kier alpha value is -3.15. The van der Waals surface area contributed by atoms with E-state index < -0.39 is 5.69 Å². The maximum atomic E-state index is 12.3.